The number of hydrogen-bond donors (Lipinski definition) is 3. The van der Waals surface area contributed by atoms with Crippen LogP contribution in [-0.2, 0) is 5.41 Å². The van der Waals surface area contributed by atoms with Crippen LogP contribution in [0.5, 0.6) is 0 Å². The molecule has 1 heterocycles. The molecule has 2 aromatic carbocycles. The van der Waals surface area contributed by atoms with Crippen LogP contribution in [0.3, 0.4) is 0 Å². The van der Waals surface area contributed by atoms with Crippen molar-refractivity contribution in [2.75, 3.05) is 13.6 Å². The van der Waals surface area contributed by atoms with E-state index >= 15 is 0 Å². The molecule has 3 N–H and O–H groups in total. The maximum absolute atomic E-state index is 13.2. The number of nitrogens with one attached hydrogen (secondary N) is 3. The molecule has 7 nitrogen and oxygen atoms in total. The normalized spacial score (nSPS) is 20.6. The number of nitriles is 1. The Morgan fingerprint density at radius 1 is 1.12 bits per heavy atom. The van der Waals surface area contributed by atoms with Crippen molar-refractivity contribution < 1.29 is 4.79 Å². The van der Waals surface area contributed by atoms with E-state index < -0.39 is 0 Å². The van der Waals surface area contributed by atoms with Crippen molar-refractivity contribution in [3.05, 3.63) is 78.0 Å². The van der Waals surface area contributed by atoms with E-state index in [1.807, 2.05) is 42.6 Å². The van der Waals surface area contributed by atoms with Crippen molar-refractivity contribution in [2.24, 2.45) is 4.99 Å². The highest BCUT2D eigenvalue weighted by molar-refractivity contribution is 6.05. The fourth-order valence-electron chi connectivity index (χ4n) is 4.71. The number of para-hydroxylation sites is 1. The molecule has 0 atom stereocenters. The maximum Gasteiger partial charge on any atom is 0.253 e. The van der Waals surface area contributed by atoms with Crippen molar-refractivity contribution in [2.45, 2.75) is 37.1 Å². The summed E-state index contributed by atoms with van der Waals surface area (Å²) in [5.41, 5.74) is 2.40. The molecular formula is C26H28N6O. The van der Waals surface area contributed by atoms with Crippen LogP contribution in [0.25, 0.3) is 10.9 Å². The van der Waals surface area contributed by atoms with Gasteiger partial charge in [0.05, 0.1) is 11.1 Å². The Morgan fingerprint density at radius 3 is 2.61 bits per heavy atom. The second-order valence-electron chi connectivity index (χ2n) is 8.44. The number of aliphatic imine (C=N–C) groups is 1. The molecule has 0 aliphatic heterocycles. The highest BCUT2D eigenvalue weighted by atomic mass is 16.1. The summed E-state index contributed by atoms with van der Waals surface area (Å²) >= 11 is 0. The van der Waals surface area contributed by atoms with E-state index in [9.17, 15) is 4.79 Å². The summed E-state index contributed by atoms with van der Waals surface area (Å²) < 4.78 is 0. The summed E-state index contributed by atoms with van der Waals surface area (Å²) in [5, 5.41) is 19.0. The molecule has 0 radical (unpaired) electrons. The molecule has 4 rings (SSSR count). The van der Waals surface area contributed by atoms with Crippen LogP contribution in [-0.4, -0.2) is 36.5 Å². The monoisotopic (exact) mass is 440 g/mol. The predicted molar refractivity (Wildman–Crippen MR) is 130 cm³/mol. The van der Waals surface area contributed by atoms with Crippen LogP contribution in [0, 0.1) is 11.5 Å². The van der Waals surface area contributed by atoms with Crippen LogP contribution >= 0.6 is 0 Å². The summed E-state index contributed by atoms with van der Waals surface area (Å²) in [4.78, 5) is 21.7. The zero-order valence-electron chi connectivity index (χ0n) is 18.7. The van der Waals surface area contributed by atoms with Crippen LogP contribution < -0.4 is 16.0 Å². The molecule has 1 aromatic heterocycles. The predicted octanol–water partition coefficient (Wildman–Crippen LogP) is 3.49. The third-order valence-corrected chi connectivity index (χ3v) is 6.53. The second kappa shape index (κ2) is 10.1. The van der Waals surface area contributed by atoms with E-state index in [2.05, 4.69) is 50.2 Å². The first-order valence-electron chi connectivity index (χ1n) is 11.2. The van der Waals surface area contributed by atoms with Crippen LogP contribution in [0.4, 0.5) is 0 Å². The van der Waals surface area contributed by atoms with Crippen LogP contribution in [0.1, 0.15) is 41.6 Å². The molecule has 0 spiro atoms. The summed E-state index contributed by atoms with van der Waals surface area (Å²) in [5.74, 6) is 0.389. The highest BCUT2D eigenvalue weighted by Gasteiger charge is 2.37. The number of nitrogens with zero attached hydrogens (tertiary/aromatic N) is 3. The van der Waals surface area contributed by atoms with E-state index in [-0.39, 0.29) is 17.4 Å². The fourth-order valence-corrected chi connectivity index (χ4v) is 4.71. The molecule has 0 saturated heterocycles. The van der Waals surface area contributed by atoms with Gasteiger partial charge in [-0.3, -0.25) is 20.1 Å². The first-order chi connectivity index (χ1) is 16.1. The molecule has 1 amide bonds. The minimum atomic E-state index is -0.153. The number of rotatable bonds is 5. The number of hydrogen-bond acceptors (Lipinski definition) is 4. The molecule has 1 fully saturated rings. The first kappa shape index (κ1) is 22.3. The average molecular weight is 441 g/mol. The number of carbonyl (C=O) groups excluding carboxylic acids is 1. The zero-order chi connectivity index (χ0) is 23.1. The molecule has 0 bridgehead atoms. The Bertz CT molecular complexity index is 1170. The molecule has 168 valence electrons. The molecular weight excluding hydrogens is 412 g/mol. The minimum absolute atomic E-state index is 0.103. The number of carbonyl (C=O) groups is 1. The molecule has 33 heavy (non-hydrogen) atoms. The van der Waals surface area contributed by atoms with Gasteiger partial charge in [-0.25, -0.2) is 0 Å². The Kier molecular flexibility index (Phi) is 6.84. The van der Waals surface area contributed by atoms with Gasteiger partial charge in [-0.1, -0.05) is 48.5 Å². The smallest absolute Gasteiger partial charge is 0.253 e. The standard InChI is InChI=1S/C26H28N6O/c1-28-25(31-18-27)32-21-12-14-26(15-13-21,20-9-3-2-4-10-20)17-30-24(33)22-11-5-7-19-8-6-16-29-23(19)22/h2-11,16,21H,12-15,17H2,1H3,(H,30,33)(H2,28,31,32). The Hall–Kier alpha value is -3.92. The third-order valence-electron chi connectivity index (χ3n) is 6.53. The minimum Gasteiger partial charge on any atom is -0.353 e. The quantitative estimate of drug-likeness (QED) is 0.244. The van der Waals surface area contributed by atoms with Gasteiger partial charge < -0.3 is 10.6 Å². The first-order valence-corrected chi connectivity index (χ1v) is 11.2. The van der Waals surface area contributed by atoms with Gasteiger partial charge in [0.1, 0.15) is 0 Å². The number of aromatic nitrogens is 1. The van der Waals surface area contributed by atoms with Gasteiger partial charge in [0, 0.05) is 36.6 Å². The summed E-state index contributed by atoms with van der Waals surface area (Å²) in [7, 11) is 1.65. The van der Waals surface area contributed by atoms with E-state index in [1.54, 1.807) is 13.2 Å². The van der Waals surface area contributed by atoms with Crippen molar-refractivity contribution in [1.29, 1.82) is 5.26 Å². The lowest BCUT2D eigenvalue weighted by Crippen LogP contribution is -2.49. The van der Waals surface area contributed by atoms with E-state index in [0.717, 1.165) is 36.6 Å². The van der Waals surface area contributed by atoms with Crippen LogP contribution in [0.2, 0.25) is 0 Å². The van der Waals surface area contributed by atoms with E-state index in [4.69, 9.17) is 5.26 Å². The average Bonchev–Trinajstić information content (AvgIpc) is 2.88. The Balaban J connectivity index is 1.51. The zero-order valence-corrected chi connectivity index (χ0v) is 18.7. The van der Waals surface area contributed by atoms with Gasteiger partial charge in [-0.05, 0) is 43.4 Å². The van der Waals surface area contributed by atoms with Crippen molar-refractivity contribution >= 4 is 22.8 Å². The number of amides is 1. The Morgan fingerprint density at radius 2 is 1.88 bits per heavy atom. The molecule has 0 unspecified atom stereocenters. The molecule has 7 heteroatoms. The van der Waals surface area contributed by atoms with E-state index in [1.165, 1.54) is 5.56 Å². The molecule has 1 aliphatic rings. The Labute approximate surface area is 193 Å². The van der Waals surface area contributed by atoms with Crippen LogP contribution in [0.15, 0.2) is 71.9 Å². The van der Waals surface area contributed by atoms with Gasteiger partial charge in [-0.2, -0.15) is 5.26 Å². The largest absolute Gasteiger partial charge is 0.353 e. The van der Waals surface area contributed by atoms with Crippen molar-refractivity contribution in [3.63, 3.8) is 0 Å². The maximum atomic E-state index is 13.2. The van der Waals surface area contributed by atoms with Gasteiger partial charge in [0.2, 0.25) is 5.96 Å². The van der Waals surface area contributed by atoms with Gasteiger partial charge >= 0.3 is 0 Å². The lowest BCUT2D eigenvalue weighted by Gasteiger charge is -2.41. The SMILES string of the molecule is CN=C(NC#N)NC1CCC(CNC(=O)c2cccc3cccnc23)(c2ccccc2)CC1. The summed E-state index contributed by atoms with van der Waals surface area (Å²) in [6.45, 7) is 0.553. The lowest BCUT2D eigenvalue weighted by atomic mass is 9.68. The summed E-state index contributed by atoms with van der Waals surface area (Å²) in [6.07, 6.45) is 7.27. The third kappa shape index (κ3) is 4.96. The highest BCUT2D eigenvalue weighted by Crippen LogP contribution is 2.39. The van der Waals surface area contributed by atoms with Gasteiger partial charge in [0.15, 0.2) is 6.19 Å². The molecule has 1 aliphatic carbocycles. The fraction of sp³-hybridized carbons (Fsp3) is 0.308. The van der Waals surface area contributed by atoms with Gasteiger partial charge in [0.25, 0.3) is 5.91 Å². The molecule has 3 aromatic rings. The van der Waals surface area contributed by atoms with E-state index in [0.29, 0.717) is 18.1 Å². The topological polar surface area (TPSA) is 102 Å². The van der Waals surface area contributed by atoms with Crippen molar-refractivity contribution in [3.8, 4) is 6.19 Å². The van der Waals surface area contributed by atoms with Gasteiger partial charge in [-0.15, -0.1) is 0 Å². The number of pyridine rings is 1. The lowest BCUT2D eigenvalue weighted by molar-refractivity contribution is 0.0936. The second-order valence-corrected chi connectivity index (χ2v) is 8.44. The molecule has 1 saturated carbocycles. The summed E-state index contributed by atoms with van der Waals surface area (Å²) in [6, 6.07) is 20.2. The van der Waals surface area contributed by atoms with Crippen molar-refractivity contribution in [1.82, 2.24) is 20.9 Å². The number of guanidine groups is 1. The number of fused-ring (bicyclic) bond motifs is 1. The number of benzene rings is 2.